The van der Waals surface area contributed by atoms with Crippen molar-refractivity contribution in [2.75, 3.05) is 139 Å². The Hall–Kier alpha value is -5.95. The van der Waals surface area contributed by atoms with Gasteiger partial charge in [-0.1, -0.05) is 0 Å². The van der Waals surface area contributed by atoms with E-state index in [4.69, 9.17) is 37.9 Å². The Morgan fingerprint density at radius 3 is 0.732 bits per heavy atom. The second kappa shape index (κ2) is 56.4. The van der Waals surface area contributed by atoms with Gasteiger partial charge in [-0.25, -0.2) is 31.9 Å². The molecule has 7 aliphatic heterocycles. The lowest BCUT2D eigenvalue weighted by atomic mass is 9.97. The third-order valence-corrected chi connectivity index (χ3v) is 19.0. The molecule has 0 spiro atoms. The number of ether oxygens (including phenoxy) is 14. The number of carbonyl (C=O) groups excluding carboxylic acids is 7. The largest absolute Gasteiger partial charge is 0.490 e. The van der Waals surface area contributed by atoms with Crippen molar-refractivity contribution < 1.29 is 223 Å². The van der Waals surface area contributed by atoms with Crippen molar-refractivity contribution in [2.24, 2.45) is 47.3 Å². The predicted octanol–water partition coefficient (Wildman–Crippen LogP) is 18.2. The molecule has 0 saturated carbocycles. The van der Waals surface area contributed by atoms with Crippen molar-refractivity contribution in [2.45, 2.75) is 241 Å². The first-order valence-electron chi connectivity index (χ1n) is 39.2. The maximum absolute atomic E-state index is 12.9. The van der Waals surface area contributed by atoms with Gasteiger partial charge in [-0.15, -0.1) is 0 Å². The minimum absolute atomic E-state index is 0.00721. The molecule has 7 heterocycles. The van der Waals surface area contributed by atoms with Crippen molar-refractivity contribution in [1.29, 1.82) is 0 Å². The van der Waals surface area contributed by atoms with Crippen LogP contribution in [-0.4, -0.2) is 247 Å². The number of carbonyl (C=O) groups is 7. The minimum Gasteiger partial charge on any atom is -0.466 e. The minimum atomic E-state index is -5.91. The molecular formula is C74H106F28O21. The summed E-state index contributed by atoms with van der Waals surface area (Å²) in [4.78, 5) is 75.6. The zero-order chi connectivity index (χ0) is 93.6. The SMILES string of the molecule is CC(F)(F)C(F)(F)C(=O)OCCC1CCOCC1.CC(F)(F)CC(=O)OCCC1CCOCC1.O=C(CC(F)(F)CC(F)(F)F)OCCC1CCOCC1.O=C(CC(F)(F)F)OCCC1CCOCC1.O=C(OCCC1CCOCC1)C(C(F)(F)F)C(F)(F)F.O=C(OCCC1CCOCC1)C(F)(F)C(F)(F)F.O=C(OCCC1CCOCC1)C(F)(F)F. The van der Waals surface area contributed by atoms with E-state index in [1.54, 1.807) is 0 Å². The van der Waals surface area contributed by atoms with Crippen LogP contribution < -0.4 is 0 Å². The van der Waals surface area contributed by atoms with Gasteiger partial charge in [0.25, 0.3) is 11.8 Å². The van der Waals surface area contributed by atoms with E-state index < -0.39 is 153 Å². The van der Waals surface area contributed by atoms with E-state index in [0.717, 1.165) is 83.8 Å². The fraction of sp³-hybridized carbons (Fsp3) is 0.905. The number of esters is 7. The van der Waals surface area contributed by atoms with Crippen molar-refractivity contribution in [3.8, 4) is 0 Å². The number of alkyl halides is 28. The fourth-order valence-electron chi connectivity index (χ4n) is 11.8. The van der Waals surface area contributed by atoms with Crippen LogP contribution in [0, 0.1) is 47.3 Å². The van der Waals surface area contributed by atoms with Gasteiger partial charge in [0.15, 0.2) is 0 Å². The Morgan fingerprint density at radius 1 is 0.285 bits per heavy atom. The predicted molar refractivity (Wildman–Crippen MR) is 368 cm³/mol. The van der Waals surface area contributed by atoms with E-state index in [0.29, 0.717) is 161 Å². The molecule has 7 saturated heterocycles. The van der Waals surface area contributed by atoms with Crippen LogP contribution in [0.1, 0.15) is 174 Å². The van der Waals surface area contributed by atoms with E-state index in [-0.39, 0.29) is 70.6 Å². The average Bonchev–Trinajstić information content (AvgIpc) is 0.823. The molecule has 0 amide bonds. The monoisotopic (exact) mass is 1860 g/mol. The van der Waals surface area contributed by atoms with Gasteiger partial charge in [0, 0.05) is 99.4 Å². The first-order chi connectivity index (χ1) is 56.7. The van der Waals surface area contributed by atoms with Crippen molar-refractivity contribution in [3.63, 3.8) is 0 Å². The number of rotatable bonds is 31. The molecule has 7 fully saturated rings. The molecule has 21 nitrogen and oxygen atoms in total. The summed E-state index contributed by atoms with van der Waals surface area (Å²) in [6.45, 7) is 8.20. The summed E-state index contributed by atoms with van der Waals surface area (Å²) in [6, 6.07) is 0. The summed E-state index contributed by atoms with van der Waals surface area (Å²) in [5.74, 6) is -36.3. The van der Waals surface area contributed by atoms with Crippen LogP contribution in [0.15, 0.2) is 0 Å². The molecule has 49 heteroatoms. The zero-order valence-corrected chi connectivity index (χ0v) is 67.3. The van der Waals surface area contributed by atoms with Crippen molar-refractivity contribution in [1.82, 2.24) is 0 Å². The molecule has 7 rings (SSSR count). The van der Waals surface area contributed by atoms with E-state index in [2.05, 4.69) is 28.4 Å². The summed E-state index contributed by atoms with van der Waals surface area (Å²) in [5.41, 5.74) is 0. The van der Waals surface area contributed by atoms with Crippen LogP contribution in [0.2, 0.25) is 0 Å². The van der Waals surface area contributed by atoms with E-state index >= 15 is 0 Å². The quantitative estimate of drug-likeness (QED) is 0.0355. The smallest absolute Gasteiger partial charge is 0.466 e. The maximum atomic E-state index is 12.9. The van der Waals surface area contributed by atoms with Gasteiger partial charge in [0.1, 0.15) is 25.7 Å². The van der Waals surface area contributed by atoms with Gasteiger partial charge in [-0.2, -0.15) is 105 Å². The molecule has 7 aliphatic rings. The van der Waals surface area contributed by atoms with Gasteiger partial charge in [-0.05, 0) is 183 Å². The fourth-order valence-corrected chi connectivity index (χ4v) is 11.8. The third-order valence-electron chi connectivity index (χ3n) is 19.0. The molecule has 0 aromatic rings. The van der Waals surface area contributed by atoms with Gasteiger partial charge in [-0.3, -0.25) is 19.2 Å². The lowest BCUT2D eigenvalue weighted by molar-refractivity contribution is -0.282. The summed E-state index contributed by atoms with van der Waals surface area (Å²) in [5, 5.41) is 0. The van der Waals surface area contributed by atoms with E-state index in [1.165, 1.54) is 0 Å². The summed E-state index contributed by atoms with van der Waals surface area (Å²) in [7, 11) is 0. The highest BCUT2D eigenvalue weighted by Crippen LogP contribution is 2.42. The summed E-state index contributed by atoms with van der Waals surface area (Å²) >= 11 is 0. The van der Waals surface area contributed by atoms with Gasteiger partial charge in [0.2, 0.25) is 5.92 Å². The molecule has 0 N–H and O–H groups in total. The summed E-state index contributed by atoms with van der Waals surface area (Å²) < 4.78 is 407. The van der Waals surface area contributed by atoms with E-state index in [9.17, 15) is 156 Å². The maximum Gasteiger partial charge on any atom is 0.490 e. The Balaban J connectivity index is 0.000000719. The number of hydrogen-bond donors (Lipinski definition) is 0. The Bertz CT molecular complexity index is 2800. The molecule has 724 valence electrons. The van der Waals surface area contributed by atoms with Crippen LogP contribution in [0.3, 0.4) is 0 Å². The zero-order valence-electron chi connectivity index (χ0n) is 67.3. The number of hydrogen-bond acceptors (Lipinski definition) is 21. The van der Waals surface area contributed by atoms with Crippen LogP contribution in [0.5, 0.6) is 0 Å². The van der Waals surface area contributed by atoms with Gasteiger partial charge < -0.3 is 66.3 Å². The van der Waals surface area contributed by atoms with Crippen LogP contribution >= 0.6 is 0 Å². The highest BCUT2D eigenvalue weighted by Gasteiger charge is 2.65. The highest BCUT2D eigenvalue weighted by atomic mass is 19.4. The molecule has 0 bridgehead atoms. The van der Waals surface area contributed by atoms with Gasteiger partial charge >= 0.3 is 96.6 Å². The van der Waals surface area contributed by atoms with Crippen LogP contribution in [-0.2, 0) is 99.9 Å². The first kappa shape index (κ1) is 115. The standard InChI is InChI=1S/C12H17F5O3.C11H14F6O3.C11H16F4O3.C11H18F2O3.C10H13F5O3.C10H15F3O3.C9H13F3O3/c13-11(14,8-12(15,16)17)7-10(18)20-6-3-9-1-4-19-5-2-9;12-10(13,14)8(11(15,16)17)9(18)20-6-3-7-1-4-19-5-2-7;1-10(12,13)11(14,15)9(16)18-7-4-8-2-5-17-6-3-8;1-11(12,13)8-10(14)16-7-4-9-2-5-15-6-3-9;11-9(12,10(13,14)15)8(16)18-6-3-7-1-4-17-5-2-7;11-10(12,13)7-9(14)16-6-3-8-1-4-15-5-2-8;10-9(11,12)8(13)15-6-3-7-1-4-14-5-2-7/h9H,1-8H2;7-8H,1-6H2;8H,2-7H2,1H3;9H,2-8H2,1H3;7H,1-6H2;8H,1-7H2;7H,1-6H2. The molecule has 0 aromatic heterocycles. The topological polar surface area (TPSA) is 249 Å². The van der Waals surface area contributed by atoms with Crippen molar-refractivity contribution in [3.05, 3.63) is 0 Å². The Labute approximate surface area is 690 Å². The van der Waals surface area contributed by atoms with Gasteiger partial charge in [0.05, 0.1) is 46.2 Å². The lowest BCUT2D eigenvalue weighted by Gasteiger charge is -2.23. The molecule has 0 radical (unpaired) electrons. The second-order valence-corrected chi connectivity index (χ2v) is 29.6. The third kappa shape index (κ3) is 55.4. The highest BCUT2D eigenvalue weighted by molar-refractivity contribution is 5.79. The van der Waals surface area contributed by atoms with E-state index in [1.807, 2.05) is 0 Å². The Kier molecular flexibility index (Phi) is 52.7. The van der Waals surface area contributed by atoms with Crippen LogP contribution in [0.4, 0.5) is 123 Å². The first-order valence-corrected chi connectivity index (χ1v) is 39.2. The lowest BCUT2D eigenvalue weighted by Crippen LogP contribution is -2.46. The number of halogens is 28. The molecule has 0 aromatic carbocycles. The Morgan fingerprint density at radius 2 is 0.512 bits per heavy atom. The molecule has 123 heavy (non-hydrogen) atoms. The molecule has 0 aliphatic carbocycles. The average molecular weight is 1860 g/mol. The van der Waals surface area contributed by atoms with Crippen molar-refractivity contribution >= 4 is 41.8 Å². The molecule has 0 atom stereocenters. The molecular weight excluding hydrogens is 1760 g/mol. The second-order valence-electron chi connectivity index (χ2n) is 29.6. The summed E-state index contributed by atoms with van der Waals surface area (Å²) in [6.07, 6.45) is -23.5. The van der Waals surface area contributed by atoms with Crippen LogP contribution in [0.25, 0.3) is 0 Å². The molecule has 0 unspecified atom stereocenters. The normalized spacial score (nSPS) is 18.5.